The molecule has 1 unspecified atom stereocenters. The minimum absolute atomic E-state index is 0.159. The molecule has 1 heterocycles. The molecule has 1 N–H and O–H groups in total. The van der Waals surface area contributed by atoms with Gasteiger partial charge in [0.05, 0.1) is 4.92 Å². The molecular weight excluding hydrogens is 254 g/mol. The van der Waals surface area contributed by atoms with Crippen LogP contribution >= 0.6 is 0 Å². The maximum absolute atomic E-state index is 10.6. The molecule has 0 bridgehead atoms. The zero-order valence-electron chi connectivity index (χ0n) is 12.0. The maximum atomic E-state index is 10.6. The van der Waals surface area contributed by atoms with E-state index >= 15 is 0 Å². The van der Waals surface area contributed by atoms with Crippen LogP contribution in [0.4, 0.5) is 5.69 Å². The second-order valence-corrected chi connectivity index (χ2v) is 5.65. The van der Waals surface area contributed by atoms with Crippen molar-refractivity contribution >= 4 is 5.69 Å². The topological polar surface area (TPSA) is 58.4 Å². The molecule has 20 heavy (non-hydrogen) atoms. The van der Waals surface area contributed by atoms with Crippen LogP contribution in [0.1, 0.15) is 18.4 Å². The highest BCUT2D eigenvalue weighted by molar-refractivity contribution is 5.32. The van der Waals surface area contributed by atoms with Gasteiger partial charge in [-0.15, -0.1) is 0 Å². The van der Waals surface area contributed by atoms with Crippen LogP contribution in [0.3, 0.4) is 0 Å². The lowest BCUT2D eigenvalue weighted by molar-refractivity contribution is -0.384. The van der Waals surface area contributed by atoms with Gasteiger partial charge in [-0.1, -0.05) is 12.1 Å². The number of nitrogens with zero attached hydrogens (tertiary/aromatic N) is 2. The van der Waals surface area contributed by atoms with E-state index in [-0.39, 0.29) is 10.6 Å². The summed E-state index contributed by atoms with van der Waals surface area (Å²) in [5.74, 6) is 0.755. The van der Waals surface area contributed by atoms with Crippen LogP contribution in [0.25, 0.3) is 0 Å². The second kappa shape index (κ2) is 7.36. The lowest BCUT2D eigenvalue weighted by atomic mass is 9.98. The number of non-ortho nitro benzene ring substituents is 1. The van der Waals surface area contributed by atoms with Crippen LogP contribution in [-0.4, -0.2) is 43.0 Å². The minimum Gasteiger partial charge on any atom is -0.316 e. The molecule has 1 aliphatic heterocycles. The zero-order valence-corrected chi connectivity index (χ0v) is 12.0. The van der Waals surface area contributed by atoms with Crippen molar-refractivity contribution in [2.75, 3.05) is 33.2 Å². The maximum Gasteiger partial charge on any atom is 0.269 e. The Morgan fingerprint density at radius 1 is 1.40 bits per heavy atom. The van der Waals surface area contributed by atoms with E-state index in [9.17, 15) is 10.1 Å². The van der Waals surface area contributed by atoms with Crippen molar-refractivity contribution in [2.45, 2.75) is 19.3 Å². The third-order valence-electron chi connectivity index (χ3n) is 3.89. The van der Waals surface area contributed by atoms with Gasteiger partial charge >= 0.3 is 0 Å². The molecule has 1 atom stereocenters. The van der Waals surface area contributed by atoms with Gasteiger partial charge in [0, 0.05) is 18.7 Å². The van der Waals surface area contributed by atoms with Gasteiger partial charge in [0.1, 0.15) is 0 Å². The largest absolute Gasteiger partial charge is 0.316 e. The molecule has 1 aromatic carbocycles. The van der Waals surface area contributed by atoms with Crippen LogP contribution < -0.4 is 5.32 Å². The Bertz CT molecular complexity index is 433. The number of nitro groups is 1. The van der Waals surface area contributed by atoms with Gasteiger partial charge < -0.3 is 10.2 Å². The molecule has 5 nitrogen and oxygen atoms in total. The van der Waals surface area contributed by atoms with Crippen LogP contribution in [0.5, 0.6) is 0 Å². The summed E-state index contributed by atoms with van der Waals surface area (Å²) in [5, 5.41) is 14.1. The molecule has 5 heteroatoms. The number of benzene rings is 1. The third kappa shape index (κ3) is 4.58. The van der Waals surface area contributed by atoms with E-state index in [1.165, 1.54) is 25.9 Å². The van der Waals surface area contributed by atoms with E-state index < -0.39 is 0 Å². The molecule has 1 fully saturated rings. The highest BCUT2D eigenvalue weighted by Crippen LogP contribution is 2.14. The SMILES string of the molecule is CN1CCCC(CNCCc2ccc([N+](=O)[O-])cc2)C1. The summed E-state index contributed by atoms with van der Waals surface area (Å²) in [6.45, 7) is 4.40. The Labute approximate surface area is 120 Å². The first-order valence-electron chi connectivity index (χ1n) is 7.28. The second-order valence-electron chi connectivity index (χ2n) is 5.65. The molecule has 1 aromatic rings. The Morgan fingerprint density at radius 2 is 2.15 bits per heavy atom. The predicted molar refractivity (Wildman–Crippen MR) is 79.9 cm³/mol. The van der Waals surface area contributed by atoms with Crippen molar-refractivity contribution in [3.8, 4) is 0 Å². The fourth-order valence-electron chi connectivity index (χ4n) is 2.76. The molecule has 2 rings (SSSR count). The van der Waals surface area contributed by atoms with E-state index in [0.717, 1.165) is 31.0 Å². The number of likely N-dealkylation sites (tertiary alicyclic amines) is 1. The first-order valence-corrected chi connectivity index (χ1v) is 7.28. The molecule has 0 radical (unpaired) electrons. The predicted octanol–water partition coefficient (Wildman–Crippen LogP) is 2.07. The highest BCUT2D eigenvalue weighted by atomic mass is 16.6. The molecule has 0 spiro atoms. The average Bonchev–Trinajstić information content (AvgIpc) is 2.44. The van der Waals surface area contributed by atoms with Crippen molar-refractivity contribution < 1.29 is 4.92 Å². The summed E-state index contributed by atoms with van der Waals surface area (Å²) >= 11 is 0. The summed E-state index contributed by atoms with van der Waals surface area (Å²) in [6.07, 6.45) is 3.53. The van der Waals surface area contributed by atoms with E-state index in [1.807, 2.05) is 12.1 Å². The molecule has 1 aliphatic rings. The Kier molecular flexibility index (Phi) is 5.49. The summed E-state index contributed by atoms with van der Waals surface area (Å²) in [4.78, 5) is 12.6. The van der Waals surface area contributed by atoms with Crippen molar-refractivity contribution in [3.05, 3.63) is 39.9 Å². The van der Waals surface area contributed by atoms with Crippen LogP contribution in [-0.2, 0) is 6.42 Å². The minimum atomic E-state index is -0.360. The van der Waals surface area contributed by atoms with Gasteiger partial charge in [-0.25, -0.2) is 0 Å². The number of hydrogen-bond acceptors (Lipinski definition) is 4. The summed E-state index contributed by atoms with van der Waals surface area (Å²) < 4.78 is 0. The molecule has 0 aliphatic carbocycles. The van der Waals surface area contributed by atoms with E-state index in [4.69, 9.17) is 0 Å². The van der Waals surface area contributed by atoms with Gasteiger partial charge in [-0.2, -0.15) is 0 Å². The van der Waals surface area contributed by atoms with Crippen LogP contribution in [0, 0.1) is 16.0 Å². The smallest absolute Gasteiger partial charge is 0.269 e. The quantitative estimate of drug-likeness (QED) is 0.491. The van der Waals surface area contributed by atoms with Crippen molar-refractivity contribution in [3.63, 3.8) is 0 Å². The van der Waals surface area contributed by atoms with Crippen LogP contribution in [0.15, 0.2) is 24.3 Å². The number of nitro benzene ring substituents is 1. The Morgan fingerprint density at radius 3 is 2.80 bits per heavy atom. The zero-order chi connectivity index (χ0) is 14.4. The first-order chi connectivity index (χ1) is 9.65. The van der Waals surface area contributed by atoms with Crippen molar-refractivity contribution in [1.82, 2.24) is 10.2 Å². The average molecular weight is 277 g/mol. The molecule has 1 saturated heterocycles. The van der Waals surface area contributed by atoms with Gasteiger partial charge in [0.2, 0.25) is 0 Å². The van der Waals surface area contributed by atoms with Gasteiger partial charge in [0.15, 0.2) is 0 Å². The van der Waals surface area contributed by atoms with E-state index in [0.29, 0.717) is 0 Å². The van der Waals surface area contributed by atoms with Gasteiger partial charge in [-0.3, -0.25) is 10.1 Å². The fraction of sp³-hybridized carbons (Fsp3) is 0.600. The summed E-state index contributed by atoms with van der Waals surface area (Å²) in [5.41, 5.74) is 1.30. The number of hydrogen-bond donors (Lipinski definition) is 1. The third-order valence-corrected chi connectivity index (χ3v) is 3.89. The van der Waals surface area contributed by atoms with Crippen molar-refractivity contribution in [1.29, 1.82) is 0 Å². The molecule has 0 saturated carbocycles. The van der Waals surface area contributed by atoms with E-state index in [1.54, 1.807) is 12.1 Å². The Balaban J connectivity index is 1.66. The number of nitrogens with one attached hydrogen (secondary N) is 1. The number of rotatable bonds is 6. The van der Waals surface area contributed by atoms with E-state index in [2.05, 4.69) is 17.3 Å². The monoisotopic (exact) mass is 277 g/mol. The standard InChI is InChI=1S/C15H23N3O2/c1-17-10-2-3-14(12-17)11-16-9-8-13-4-6-15(7-5-13)18(19)20/h4-7,14,16H,2-3,8-12H2,1H3. The van der Waals surface area contributed by atoms with Gasteiger partial charge in [-0.05, 0) is 57.4 Å². The van der Waals surface area contributed by atoms with Gasteiger partial charge in [0.25, 0.3) is 5.69 Å². The fourth-order valence-corrected chi connectivity index (χ4v) is 2.76. The first kappa shape index (κ1) is 14.9. The summed E-state index contributed by atoms with van der Waals surface area (Å²) in [7, 11) is 2.18. The Hall–Kier alpha value is -1.46. The lowest BCUT2D eigenvalue weighted by Crippen LogP contribution is -2.37. The lowest BCUT2D eigenvalue weighted by Gasteiger charge is -2.29. The molecule has 0 aromatic heterocycles. The number of piperidine rings is 1. The highest BCUT2D eigenvalue weighted by Gasteiger charge is 2.16. The van der Waals surface area contributed by atoms with Crippen LogP contribution in [0.2, 0.25) is 0 Å². The summed E-state index contributed by atoms with van der Waals surface area (Å²) in [6, 6.07) is 6.83. The molecular formula is C15H23N3O2. The van der Waals surface area contributed by atoms with Crippen molar-refractivity contribution in [2.24, 2.45) is 5.92 Å². The normalized spacial score (nSPS) is 19.9. The molecule has 0 amide bonds. The molecule has 110 valence electrons.